The Morgan fingerprint density at radius 2 is 1.94 bits per heavy atom. The molecule has 32 heavy (non-hydrogen) atoms. The second-order valence-electron chi connectivity index (χ2n) is 7.18. The number of piperidine rings is 1. The number of carbonyl (C=O) groups is 2. The molecule has 168 valence electrons. The number of halogens is 1. The molecule has 1 fully saturated rings. The van der Waals surface area contributed by atoms with Gasteiger partial charge in [-0.05, 0) is 55.7 Å². The molecule has 0 radical (unpaired) electrons. The van der Waals surface area contributed by atoms with Gasteiger partial charge in [-0.3, -0.25) is 9.59 Å². The van der Waals surface area contributed by atoms with E-state index in [4.69, 9.17) is 16.3 Å². The van der Waals surface area contributed by atoms with Crippen molar-refractivity contribution >= 4 is 61.9 Å². The molecule has 1 aliphatic heterocycles. The van der Waals surface area contributed by atoms with Crippen LogP contribution >= 0.6 is 23.3 Å². The van der Waals surface area contributed by atoms with Gasteiger partial charge < -0.3 is 10.1 Å². The van der Waals surface area contributed by atoms with Crippen LogP contribution < -0.4 is 5.32 Å². The molecule has 1 aliphatic rings. The number of hydrogen-bond donors (Lipinski definition) is 1. The zero-order chi connectivity index (χ0) is 22.7. The highest BCUT2D eigenvalue weighted by Crippen LogP contribution is 2.29. The van der Waals surface area contributed by atoms with Crippen LogP contribution in [0.3, 0.4) is 0 Å². The van der Waals surface area contributed by atoms with E-state index >= 15 is 0 Å². The van der Waals surface area contributed by atoms with E-state index in [-0.39, 0.29) is 17.0 Å². The van der Waals surface area contributed by atoms with Gasteiger partial charge in [0.2, 0.25) is 10.0 Å². The van der Waals surface area contributed by atoms with Crippen molar-refractivity contribution in [1.82, 2.24) is 13.1 Å². The molecule has 2 heterocycles. The maximum atomic E-state index is 13.4. The van der Waals surface area contributed by atoms with Crippen molar-refractivity contribution in [3.8, 4) is 0 Å². The summed E-state index contributed by atoms with van der Waals surface area (Å²) in [5.74, 6) is -1.30. The molecular weight excluding hydrogens is 476 g/mol. The number of rotatable bonds is 6. The first-order valence-electron chi connectivity index (χ1n) is 9.81. The number of sulfonamides is 1. The lowest BCUT2D eigenvalue weighted by molar-refractivity contribution is -0.152. The van der Waals surface area contributed by atoms with Crippen LogP contribution in [0.4, 0.5) is 5.69 Å². The highest BCUT2D eigenvalue weighted by molar-refractivity contribution is 7.89. The molecule has 4 rings (SSSR count). The van der Waals surface area contributed by atoms with Gasteiger partial charge in [-0.15, -0.1) is 0 Å². The third-order valence-corrected chi connectivity index (χ3v) is 7.77. The Balaban J connectivity index is 1.47. The number of ether oxygens (including phenoxy) is 1. The Labute approximate surface area is 193 Å². The highest BCUT2D eigenvalue weighted by Gasteiger charge is 2.39. The smallest absolute Gasteiger partial charge is 0.324 e. The minimum atomic E-state index is -4.02. The van der Waals surface area contributed by atoms with Crippen LogP contribution in [0.2, 0.25) is 5.02 Å². The predicted molar refractivity (Wildman–Crippen MR) is 120 cm³/mol. The summed E-state index contributed by atoms with van der Waals surface area (Å²) < 4.78 is 41.3. The zero-order valence-electron chi connectivity index (χ0n) is 16.7. The van der Waals surface area contributed by atoms with Gasteiger partial charge in [0.05, 0.1) is 11.7 Å². The summed E-state index contributed by atoms with van der Waals surface area (Å²) in [4.78, 5) is 24.9. The van der Waals surface area contributed by atoms with Gasteiger partial charge in [0.25, 0.3) is 5.91 Å². The molecule has 9 nitrogen and oxygen atoms in total. The average Bonchev–Trinajstić information content (AvgIpc) is 3.28. The fourth-order valence-corrected chi connectivity index (χ4v) is 6.03. The number of nitrogens with zero attached hydrogens (tertiary/aromatic N) is 3. The standard InChI is InChI=1S/C20H19ClN4O5S2/c21-13-7-9-14(10-8-13)22-18(26)12-30-20(27)16-5-1-2-11-25(16)32(28,29)17-6-3-4-15-19(17)24-31-23-15/h3-4,6-10,16H,1-2,5,11-12H2,(H,22,26). The maximum Gasteiger partial charge on any atom is 0.324 e. The molecule has 1 saturated heterocycles. The zero-order valence-corrected chi connectivity index (χ0v) is 19.1. The van der Waals surface area contributed by atoms with Crippen molar-refractivity contribution in [1.29, 1.82) is 0 Å². The molecule has 0 aliphatic carbocycles. The molecule has 3 aromatic rings. The molecule has 2 aromatic carbocycles. The first-order chi connectivity index (χ1) is 15.4. The van der Waals surface area contributed by atoms with E-state index in [1.54, 1.807) is 36.4 Å². The van der Waals surface area contributed by atoms with E-state index in [0.717, 1.165) is 16.0 Å². The van der Waals surface area contributed by atoms with Crippen LogP contribution in [0.15, 0.2) is 47.4 Å². The Kier molecular flexibility index (Phi) is 6.70. The van der Waals surface area contributed by atoms with Crippen molar-refractivity contribution in [3.05, 3.63) is 47.5 Å². The summed E-state index contributed by atoms with van der Waals surface area (Å²) in [7, 11) is -4.02. The molecule has 1 atom stereocenters. The number of benzene rings is 2. The van der Waals surface area contributed by atoms with E-state index in [2.05, 4.69) is 14.1 Å². The summed E-state index contributed by atoms with van der Waals surface area (Å²) in [6.07, 6.45) is 1.60. The fourth-order valence-electron chi connectivity index (χ4n) is 3.51. The van der Waals surface area contributed by atoms with Crippen molar-refractivity contribution in [2.24, 2.45) is 0 Å². The topological polar surface area (TPSA) is 119 Å². The quantitative estimate of drug-likeness (QED) is 0.523. The number of esters is 1. The van der Waals surface area contributed by atoms with Crippen LogP contribution in [0, 0.1) is 0 Å². The van der Waals surface area contributed by atoms with Gasteiger partial charge in [-0.2, -0.15) is 13.1 Å². The van der Waals surface area contributed by atoms with Gasteiger partial charge in [0.15, 0.2) is 6.61 Å². The van der Waals surface area contributed by atoms with Crippen LogP contribution in [-0.2, 0) is 24.3 Å². The van der Waals surface area contributed by atoms with Crippen LogP contribution in [0.5, 0.6) is 0 Å². The van der Waals surface area contributed by atoms with Crippen molar-refractivity contribution in [2.45, 2.75) is 30.2 Å². The molecule has 0 bridgehead atoms. The Hall–Kier alpha value is -2.60. The number of hydrogen-bond acceptors (Lipinski definition) is 8. The Morgan fingerprint density at radius 1 is 1.16 bits per heavy atom. The lowest BCUT2D eigenvalue weighted by Crippen LogP contribution is -2.48. The molecular formula is C20H19ClN4O5S2. The van der Waals surface area contributed by atoms with E-state index in [1.165, 1.54) is 6.07 Å². The molecule has 0 saturated carbocycles. The molecule has 12 heteroatoms. The van der Waals surface area contributed by atoms with Gasteiger partial charge >= 0.3 is 5.97 Å². The third kappa shape index (κ3) is 4.75. The molecule has 1 unspecified atom stereocenters. The monoisotopic (exact) mass is 494 g/mol. The number of nitrogens with one attached hydrogen (secondary N) is 1. The molecule has 1 amide bonds. The molecule has 0 spiro atoms. The van der Waals surface area contributed by atoms with Gasteiger partial charge in [-0.1, -0.05) is 17.7 Å². The van der Waals surface area contributed by atoms with E-state index < -0.39 is 34.5 Å². The minimum Gasteiger partial charge on any atom is -0.454 e. The van der Waals surface area contributed by atoms with Crippen molar-refractivity contribution in [3.63, 3.8) is 0 Å². The van der Waals surface area contributed by atoms with Crippen molar-refractivity contribution in [2.75, 3.05) is 18.5 Å². The fraction of sp³-hybridized carbons (Fsp3) is 0.300. The lowest BCUT2D eigenvalue weighted by atomic mass is 10.1. The molecule has 1 aromatic heterocycles. The predicted octanol–water partition coefficient (Wildman–Crippen LogP) is 3.07. The first-order valence-corrected chi connectivity index (χ1v) is 12.4. The number of aromatic nitrogens is 2. The normalized spacial score (nSPS) is 17.2. The molecule has 1 N–H and O–H groups in total. The summed E-state index contributed by atoms with van der Waals surface area (Å²) in [6, 6.07) is 10.2. The average molecular weight is 495 g/mol. The number of anilines is 1. The van der Waals surface area contributed by atoms with E-state index in [1.807, 2.05) is 0 Å². The second-order valence-corrected chi connectivity index (χ2v) is 10.0. The van der Waals surface area contributed by atoms with Gasteiger partial charge in [-0.25, -0.2) is 8.42 Å². The number of carbonyl (C=O) groups excluding carboxylic acids is 2. The largest absolute Gasteiger partial charge is 0.454 e. The minimum absolute atomic E-state index is 0.00364. The van der Waals surface area contributed by atoms with Gasteiger partial charge in [0, 0.05) is 17.3 Å². The van der Waals surface area contributed by atoms with Gasteiger partial charge in [0.1, 0.15) is 22.0 Å². The highest BCUT2D eigenvalue weighted by atomic mass is 35.5. The summed E-state index contributed by atoms with van der Waals surface area (Å²) >= 11 is 6.74. The van der Waals surface area contributed by atoms with Crippen LogP contribution in [0.1, 0.15) is 19.3 Å². The summed E-state index contributed by atoms with van der Waals surface area (Å²) in [5, 5.41) is 3.12. The maximum absolute atomic E-state index is 13.4. The first kappa shape index (κ1) is 22.6. The second kappa shape index (κ2) is 9.49. The third-order valence-electron chi connectivity index (χ3n) is 5.03. The Bertz CT molecular complexity index is 1250. The van der Waals surface area contributed by atoms with Crippen LogP contribution in [0.25, 0.3) is 11.0 Å². The summed E-state index contributed by atoms with van der Waals surface area (Å²) in [5.41, 5.74) is 1.26. The summed E-state index contributed by atoms with van der Waals surface area (Å²) in [6.45, 7) is -0.357. The van der Waals surface area contributed by atoms with E-state index in [0.29, 0.717) is 35.5 Å². The van der Waals surface area contributed by atoms with Crippen molar-refractivity contribution < 1.29 is 22.7 Å². The van der Waals surface area contributed by atoms with E-state index in [9.17, 15) is 18.0 Å². The number of amides is 1. The Morgan fingerprint density at radius 3 is 2.72 bits per heavy atom. The lowest BCUT2D eigenvalue weighted by Gasteiger charge is -2.32. The number of fused-ring (bicyclic) bond motifs is 1. The SMILES string of the molecule is O=C(COC(=O)C1CCCCN1S(=O)(=O)c1cccc2nsnc12)Nc1ccc(Cl)cc1. The van der Waals surface area contributed by atoms with Crippen LogP contribution in [-0.4, -0.2) is 52.5 Å².